The van der Waals surface area contributed by atoms with Crippen molar-refractivity contribution < 1.29 is 28.7 Å². The summed E-state index contributed by atoms with van der Waals surface area (Å²) in [5.41, 5.74) is 7.10. The Morgan fingerprint density at radius 2 is 1.86 bits per heavy atom. The first-order valence-corrected chi connectivity index (χ1v) is 15.9. The van der Waals surface area contributed by atoms with Crippen molar-refractivity contribution in [2.45, 2.75) is 89.7 Å². The van der Waals surface area contributed by atoms with Gasteiger partial charge in [0, 0.05) is 19.5 Å². The van der Waals surface area contributed by atoms with Crippen LogP contribution < -0.4 is 21.7 Å². The number of thiazole rings is 1. The van der Waals surface area contributed by atoms with Gasteiger partial charge in [-0.1, -0.05) is 45.0 Å². The van der Waals surface area contributed by atoms with Crippen molar-refractivity contribution in [3.05, 3.63) is 41.0 Å². The van der Waals surface area contributed by atoms with Crippen LogP contribution in [0.1, 0.15) is 70.2 Å². The van der Waals surface area contributed by atoms with Crippen molar-refractivity contribution in [1.82, 2.24) is 25.8 Å². The number of hydrogen-bond donors (Lipinski definition) is 5. The van der Waals surface area contributed by atoms with Crippen LogP contribution in [-0.4, -0.2) is 82.1 Å². The molecule has 11 nitrogen and oxygen atoms in total. The molecule has 4 rings (SSSR count). The molecule has 2 aromatic rings. The van der Waals surface area contributed by atoms with E-state index in [1.807, 2.05) is 31.2 Å². The minimum atomic E-state index is -1.97. The second-order valence-corrected chi connectivity index (χ2v) is 13.6. The Kier molecular flexibility index (Phi) is 10.4. The van der Waals surface area contributed by atoms with Crippen molar-refractivity contribution in [1.29, 1.82) is 0 Å². The second-order valence-electron chi connectivity index (χ2n) is 12.8. The minimum Gasteiger partial charge on any atom is -0.391 e. The molecule has 4 amide bonds. The highest BCUT2D eigenvalue weighted by Gasteiger charge is 2.53. The molecule has 6 N–H and O–H groups in total. The number of β-amino-alcohol motifs (C(OH)–C–C–N with tert-alkyl or cyclic N) is 1. The van der Waals surface area contributed by atoms with Crippen LogP contribution in [0.15, 0.2) is 29.8 Å². The van der Waals surface area contributed by atoms with Crippen molar-refractivity contribution in [2.24, 2.45) is 11.1 Å². The molecule has 4 atom stereocenters. The van der Waals surface area contributed by atoms with E-state index in [0.717, 1.165) is 16.1 Å². The van der Waals surface area contributed by atoms with Gasteiger partial charge in [-0.15, -0.1) is 11.3 Å². The van der Waals surface area contributed by atoms with Gasteiger partial charge in [-0.05, 0) is 49.3 Å². The van der Waals surface area contributed by atoms with E-state index in [-0.39, 0.29) is 38.1 Å². The van der Waals surface area contributed by atoms with Crippen LogP contribution in [0, 0.1) is 12.3 Å². The first-order chi connectivity index (χ1) is 20.7. The summed E-state index contributed by atoms with van der Waals surface area (Å²) < 4.78 is 14.5. The maximum atomic E-state index is 14.5. The molecule has 0 radical (unpaired) electrons. The molecule has 1 aliphatic carbocycles. The van der Waals surface area contributed by atoms with Crippen LogP contribution in [0.5, 0.6) is 0 Å². The number of carbonyl (C=O) groups excluding carboxylic acids is 4. The number of aliphatic hydroxyl groups excluding tert-OH is 1. The van der Waals surface area contributed by atoms with E-state index in [2.05, 4.69) is 20.9 Å². The van der Waals surface area contributed by atoms with E-state index in [0.29, 0.717) is 25.1 Å². The average molecular weight is 631 g/mol. The molecule has 2 aliphatic rings. The van der Waals surface area contributed by atoms with Crippen molar-refractivity contribution in [3.8, 4) is 10.4 Å². The average Bonchev–Trinajstić information content (AvgIpc) is 3.38. The normalized spacial score (nSPS) is 20.5. The Labute approximate surface area is 261 Å². The number of benzene rings is 1. The summed E-state index contributed by atoms with van der Waals surface area (Å²) in [7, 11) is 0. The van der Waals surface area contributed by atoms with Crippen LogP contribution >= 0.6 is 11.3 Å². The van der Waals surface area contributed by atoms with Crippen LogP contribution in [0.3, 0.4) is 0 Å². The standard InChI is InChI=1S/C31H43FN6O5S/c1-18-25(44-17-35-18)20-8-6-19(7-9-20)22(15-24(40)34-13-5-12-33)36-27(41)23-14-21(39)16-38(23)28(42)26(30(2,3)4)37-29(43)31(32)10-11-31/h6-9,17,21-23,26,39H,5,10-16,33H2,1-4H3,(H,34,40)(H,36,41)(H,37,43)/t21-,22+,23+,26?/m1/s1. The number of amides is 4. The van der Waals surface area contributed by atoms with Gasteiger partial charge in [-0.3, -0.25) is 19.2 Å². The maximum absolute atomic E-state index is 14.5. The smallest absolute Gasteiger partial charge is 0.258 e. The quantitative estimate of drug-likeness (QED) is 0.224. The van der Waals surface area contributed by atoms with Gasteiger partial charge in [0.05, 0.1) is 34.6 Å². The molecular formula is C31H43FN6O5S. The predicted octanol–water partition coefficient (Wildman–Crippen LogP) is 2.13. The van der Waals surface area contributed by atoms with E-state index < -0.39 is 53.0 Å². The third-order valence-electron chi connectivity index (χ3n) is 8.08. The van der Waals surface area contributed by atoms with Crippen LogP contribution in [0.4, 0.5) is 4.39 Å². The van der Waals surface area contributed by atoms with Crippen molar-refractivity contribution >= 4 is 35.0 Å². The lowest BCUT2D eigenvalue weighted by Crippen LogP contribution is -2.59. The molecule has 2 fully saturated rings. The van der Waals surface area contributed by atoms with Gasteiger partial charge in [0.15, 0.2) is 5.67 Å². The lowest BCUT2D eigenvalue weighted by Gasteiger charge is -2.36. The molecule has 1 saturated heterocycles. The number of aryl methyl sites for hydroxylation is 1. The lowest BCUT2D eigenvalue weighted by molar-refractivity contribution is -0.145. The summed E-state index contributed by atoms with van der Waals surface area (Å²) in [6.45, 7) is 7.86. The number of aliphatic hydroxyl groups is 1. The molecule has 240 valence electrons. The first-order valence-electron chi connectivity index (χ1n) is 15.0. The highest BCUT2D eigenvalue weighted by molar-refractivity contribution is 7.13. The third kappa shape index (κ3) is 7.99. The number of rotatable bonds is 12. The SMILES string of the molecule is Cc1ncsc1-c1ccc([C@H](CC(=O)NCCCN)NC(=O)[C@@H]2C[C@@H](O)CN2C(=O)C(NC(=O)C2(F)CC2)C(C)(C)C)cc1. The Balaban J connectivity index is 1.55. The first kappa shape index (κ1) is 33.5. The van der Waals surface area contributed by atoms with E-state index in [1.54, 1.807) is 26.3 Å². The second kappa shape index (κ2) is 13.7. The number of halogens is 1. The van der Waals surface area contributed by atoms with Gasteiger partial charge in [-0.2, -0.15) is 0 Å². The number of aromatic nitrogens is 1. The molecule has 0 spiro atoms. The van der Waals surface area contributed by atoms with Gasteiger partial charge >= 0.3 is 0 Å². The third-order valence-corrected chi connectivity index (χ3v) is 9.06. The molecular weight excluding hydrogens is 587 g/mol. The summed E-state index contributed by atoms with van der Waals surface area (Å²) in [6.07, 6.45) is -0.238. The fourth-order valence-electron chi connectivity index (χ4n) is 5.27. The Morgan fingerprint density at radius 3 is 2.43 bits per heavy atom. The topological polar surface area (TPSA) is 167 Å². The summed E-state index contributed by atoms with van der Waals surface area (Å²) in [6, 6.07) is 4.60. The number of nitrogens with zero attached hydrogens (tertiary/aromatic N) is 2. The van der Waals surface area contributed by atoms with Crippen molar-refractivity contribution in [3.63, 3.8) is 0 Å². The van der Waals surface area contributed by atoms with E-state index in [4.69, 9.17) is 5.73 Å². The zero-order valence-electron chi connectivity index (χ0n) is 25.7. The number of hydrogen-bond acceptors (Lipinski definition) is 8. The molecule has 0 bridgehead atoms. The molecule has 2 heterocycles. The molecule has 44 heavy (non-hydrogen) atoms. The molecule has 1 aliphatic heterocycles. The van der Waals surface area contributed by atoms with Crippen LogP contribution in [0.2, 0.25) is 0 Å². The van der Waals surface area contributed by atoms with Gasteiger partial charge in [0.2, 0.25) is 17.7 Å². The lowest BCUT2D eigenvalue weighted by atomic mass is 9.85. The van der Waals surface area contributed by atoms with E-state index >= 15 is 0 Å². The van der Waals surface area contributed by atoms with Crippen LogP contribution in [-0.2, 0) is 19.2 Å². The monoisotopic (exact) mass is 630 g/mol. The molecule has 1 aromatic heterocycles. The number of carbonyl (C=O) groups is 4. The molecule has 13 heteroatoms. The Hall–Kier alpha value is -3.42. The van der Waals surface area contributed by atoms with Crippen LogP contribution in [0.25, 0.3) is 10.4 Å². The van der Waals surface area contributed by atoms with Gasteiger partial charge in [0.1, 0.15) is 12.1 Å². The molecule has 1 unspecified atom stereocenters. The van der Waals surface area contributed by atoms with Gasteiger partial charge in [-0.25, -0.2) is 9.37 Å². The number of nitrogens with one attached hydrogen (secondary N) is 3. The van der Waals surface area contributed by atoms with Gasteiger partial charge in [0.25, 0.3) is 5.91 Å². The summed E-state index contributed by atoms with van der Waals surface area (Å²) >= 11 is 1.52. The Bertz CT molecular complexity index is 1360. The maximum Gasteiger partial charge on any atom is 0.258 e. The fraction of sp³-hybridized carbons (Fsp3) is 0.581. The highest BCUT2D eigenvalue weighted by Crippen LogP contribution is 2.40. The van der Waals surface area contributed by atoms with E-state index in [1.165, 1.54) is 16.2 Å². The highest BCUT2D eigenvalue weighted by atomic mass is 32.1. The summed E-state index contributed by atoms with van der Waals surface area (Å²) in [5, 5.41) is 18.8. The zero-order valence-corrected chi connectivity index (χ0v) is 26.5. The molecule has 1 aromatic carbocycles. The summed E-state index contributed by atoms with van der Waals surface area (Å²) in [5.74, 6) is -2.24. The van der Waals surface area contributed by atoms with Crippen molar-refractivity contribution in [2.75, 3.05) is 19.6 Å². The predicted molar refractivity (Wildman–Crippen MR) is 165 cm³/mol. The molecule has 1 saturated carbocycles. The fourth-order valence-corrected chi connectivity index (χ4v) is 6.08. The minimum absolute atomic E-state index is 0.0194. The van der Waals surface area contributed by atoms with Gasteiger partial charge < -0.3 is 31.7 Å². The number of alkyl halides is 1. The number of likely N-dealkylation sites (tertiary alicyclic amines) is 1. The zero-order chi connectivity index (χ0) is 32.2. The Morgan fingerprint density at radius 1 is 1.18 bits per heavy atom. The largest absolute Gasteiger partial charge is 0.391 e. The number of nitrogens with two attached hydrogens (primary N) is 1. The van der Waals surface area contributed by atoms with E-state index in [9.17, 15) is 28.7 Å². The summed E-state index contributed by atoms with van der Waals surface area (Å²) in [4.78, 5) is 59.6.